The lowest BCUT2D eigenvalue weighted by Crippen LogP contribution is -2.52. The average Bonchev–Trinajstić information content (AvgIpc) is 2.12. The predicted molar refractivity (Wildman–Crippen MR) is 84.3 cm³/mol. The highest BCUT2D eigenvalue weighted by molar-refractivity contribution is 4.96. The fraction of sp³-hybridized carbons (Fsp3) is 1.00. The molecule has 0 radical (unpaired) electrons. The van der Waals surface area contributed by atoms with E-state index >= 15 is 0 Å². The van der Waals surface area contributed by atoms with E-state index in [1.165, 1.54) is 0 Å². The van der Waals surface area contributed by atoms with Gasteiger partial charge in [-0.2, -0.15) is 0 Å². The van der Waals surface area contributed by atoms with E-state index in [2.05, 4.69) is 13.8 Å². The van der Waals surface area contributed by atoms with E-state index in [1.54, 1.807) is 0 Å². The minimum absolute atomic E-state index is 0.228. The minimum Gasteiger partial charge on any atom is -0.393 e. The van der Waals surface area contributed by atoms with Crippen LogP contribution in [0.5, 0.6) is 0 Å². The fourth-order valence-corrected chi connectivity index (χ4v) is 2.30. The summed E-state index contributed by atoms with van der Waals surface area (Å²) in [5.41, 5.74) is -1.43. The highest BCUT2D eigenvalue weighted by atomic mass is 16.5. The topological polar surface area (TPSA) is 60.7 Å². The Labute approximate surface area is 125 Å². The summed E-state index contributed by atoms with van der Waals surface area (Å²) in [6, 6.07) is 0. The first-order valence-corrected chi connectivity index (χ1v) is 7.67. The molecule has 0 aliphatic heterocycles. The van der Waals surface area contributed by atoms with Gasteiger partial charge in [-0.1, -0.05) is 62.3 Å². The van der Waals surface area contributed by atoms with Crippen LogP contribution in [0.2, 0.25) is 0 Å². The van der Waals surface area contributed by atoms with Crippen molar-refractivity contribution in [3.8, 4) is 0 Å². The van der Waals surface area contributed by atoms with Crippen molar-refractivity contribution in [2.75, 3.05) is 0 Å². The van der Waals surface area contributed by atoms with Gasteiger partial charge in [0.25, 0.3) is 0 Å². The summed E-state index contributed by atoms with van der Waals surface area (Å²) in [7, 11) is 0. The van der Waals surface area contributed by atoms with Crippen molar-refractivity contribution in [2.45, 2.75) is 87.0 Å². The molecule has 3 N–H and O–H groups in total. The predicted octanol–water partition coefficient (Wildman–Crippen LogP) is 3.56. The van der Waals surface area contributed by atoms with E-state index in [1.807, 2.05) is 48.5 Å². The molecule has 122 valence electrons. The summed E-state index contributed by atoms with van der Waals surface area (Å²) in [5, 5.41) is 31.3. The summed E-state index contributed by atoms with van der Waals surface area (Å²) in [6.45, 7) is 17.7. The van der Waals surface area contributed by atoms with Crippen LogP contribution < -0.4 is 0 Å². The number of aliphatic hydroxyl groups is 3. The first-order chi connectivity index (χ1) is 8.54. The van der Waals surface area contributed by atoms with Crippen LogP contribution in [0.25, 0.3) is 0 Å². The van der Waals surface area contributed by atoms with Gasteiger partial charge in [-0.15, -0.1) is 0 Å². The first-order valence-electron chi connectivity index (χ1n) is 7.67. The minimum atomic E-state index is -1.76. The molecule has 0 bridgehead atoms. The van der Waals surface area contributed by atoms with Gasteiger partial charge in [0.1, 0.15) is 0 Å². The van der Waals surface area contributed by atoms with Crippen molar-refractivity contribution in [3.05, 3.63) is 0 Å². The Balaban J connectivity index is 5.21. The molecular weight excluding hydrogens is 252 g/mol. The molecule has 0 aromatic carbocycles. The molecule has 20 heavy (non-hydrogen) atoms. The fourth-order valence-electron chi connectivity index (χ4n) is 2.30. The van der Waals surface area contributed by atoms with Gasteiger partial charge in [-0.25, -0.2) is 0 Å². The number of aliphatic hydroxyl groups excluding tert-OH is 1. The van der Waals surface area contributed by atoms with Gasteiger partial charge >= 0.3 is 0 Å². The summed E-state index contributed by atoms with van der Waals surface area (Å²) in [5.74, 6) is -1.35. The van der Waals surface area contributed by atoms with Crippen LogP contribution in [0.3, 0.4) is 0 Å². The van der Waals surface area contributed by atoms with Gasteiger partial charge in [0.2, 0.25) is 0 Å². The Bertz CT molecular complexity index is 309. The Morgan fingerprint density at radius 2 is 1.25 bits per heavy atom. The van der Waals surface area contributed by atoms with Gasteiger partial charge in [-0.3, -0.25) is 0 Å². The van der Waals surface area contributed by atoms with E-state index in [0.717, 1.165) is 6.42 Å². The zero-order valence-corrected chi connectivity index (χ0v) is 14.9. The van der Waals surface area contributed by atoms with Crippen LogP contribution in [-0.2, 0) is 0 Å². The van der Waals surface area contributed by atoms with Crippen LogP contribution in [0.15, 0.2) is 0 Å². The molecule has 0 amide bonds. The van der Waals surface area contributed by atoms with E-state index in [9.17, 15) is 15.3 Å². The number of rotatable bonds is 6. The first kappa shape index (κ1) is 19.9. The number of hydrogen-bond donors (Lipinski definition) is 3. The number of hydrogen-bond acceptors (Lipinski definition) is 3. The van der Waals surface area contributed by atoms with Crippen LogP contribution in [0, 0.1) is 22.2 Å². The third kappa shape index (κ3) is 4.44. The van der Waals surface area contributed by atoms with Crippen molar-refractivity contribution < 1.29 is 15.3 Å². The quantitative estimate of drug-likeness (QED) is 0.655. The standard InChI is InChI=1S/C17H36O3/c1-12(2)10-13(18)16(8,9)15(6,7)11-17(19,20)14(3,4)5/h12-13,18-20H,10-11H2,1-9H3. The molecule has 0 saturated carbocycles. The molecule has 0 spiro atoms. The molecule has 0 aliphatic rings. The van der Waals surface area contributed by atoms with E-state index in [4.69, 9.17) is 0 Å². The van der Waals surface area contributed by atoms with Crippen LogP contribution in [0.4, 0.5) is 0 Å². The van der Waals surface area contributed by atoms with Gasteiger partial charge in [-0.05, 0) is 23.2 Å². The monoisotopic (exact) mass is 288 g/mol. The largest absolute Gasteiger partial charge is 0.393 e. The second-order valence-corrected chi connectivity index (χ2v) is 8.99. The normalized spacial score (nSPS) is 16.6. The van der Waals surface area contributed by atoms with Crippen molar-refractivity contribution in [1.29, 1.82) is 0 Å². The van der Waals surface area contributed by atoms with Crippen molar-refractivity contribution in [3.63, 3.8) is 0 Å². The molecule has 1 atom stereocenters. The van der Waals surface area contributed by atoms with E-state index < -0.39 is 28.1 Å². The van der Waals surface area contributed by atoms with E-state index in [0.29, 0.717) is 5.92 Å². The zero-order valence-electron chi connectivity index (χ0n) is 14.9. The maximum Gasteiger partial charge on any atom is 0.167 e. The Hall–Kier alpha value is -0.120. The molecule has 0 aliphatic carbocycles. The molecule has 0 fully saturated rings. The molecule has 0 rings (SSSR count). The molecule has 3 heteroatoms. The molecule has 0 heterocycles. The van der Waals surface area contributed by atoms with Crippen molar-refractivity contribution in [1.82, 2.24) is 0 Å². The molecular formula is C17H36O3. The van der Waals surface area contributed by atoms with Gasteiger partial charge < -0.3 is 15.3 Å². The second kappa shape index (κ2) is 5.94. The lowest BCUT2D eigenvalue weighted by atomic mass is 9.59. The second-order valence-electron chi connectivity index (χ2n) is 8.99. The maximum atomic E-state index is 10.5. The third-order valence-corrected chi connectivity index (χ3v) is 5.16. The van der Waals surface area contributed by atoms with Crippen LogP contribution >= 0.6 is 0 Å². The summed E-state index contributed by atoms with van der Waals surface area (Å²) < 4.78 is 0. The molecule has 0 saturated heterocycles. The smallest absolute Gasteiger partial charge is 0.167 e. The Morgan fingerprint density at radius 1 is 0.850 bits per heavy atom. The maximum absolute atomic E-state index is 10.5. The Kier molecular flexibility index (Phi) is 5.90. The van der Waals surface area contributed by atoms with Crippen LogP contribution in [-0.4, -0.2) is 27.2 Å². The van der Waals surface area contributed by atoms with Crippen molar-refractivity contribution in [2.24, 2.45) is 22.2 Å². The average molecular weight is 288 g/mol. The molecule has 0 aromatic rings. The lowest BCUT2D eigenvalue weighted by molar-refractivity contribution is -0.256. The Morgan fingerprint density at radius 3 is 1.55 bits per heavy atom. The third-order valence-electron chi connectivity index (χ3n) is 5.16. The summed E-state index contributed by atoms with van der Waals surface area (Å²) in [6.07, 6.45) is 0.481. The van der Waals surface area contributed by atoms with Gasteiger partial charge in [0.05, 0.1) is 6.10 Å². The highest BCUT2D eigenvalue weighted by Crippen LogP contribution is 2.50. The van der Waals surface area contributed by atoms with Gasteiger partial charge in [0.15, 0.2) is 5.79 Å². The highest BCUT2D eigenvalue weighted by Gasteiger charge is 2.50. The van der Waals surface area contributed by atoms with Crippen LogP contribution in [0.1, 0.15) is 75.2 Å². The van der Waals surface area contributed by atoms with E-state index in [-0.39, 0.29) is 6.42 Å². The lowest BCUT2D eigenvalue weighted by Gasteiger charge is -2.50. The zero-order chi connectivity index (χ0) is 16.6. The van der Waals surface area contributed by atoms with Gasteiger partial charge in [0, 0.05) is 11.8 Å². The molecule has 0 aromatic heterocycles. The molecule has 3 nitrogen and oxygen atoms in total. The summed E-state index contributed by atoms with van der Waals surface area (Å²) >= 11 is 0. The summed E-state index contributed by atoms with van der Waals surface area (Å²) in [4.78, 5) is 0. The molecule has 1 unspecified atom stereocenters. The SMILES string of the molecule is CC(C)CC(O)C(C)(C)C(C)(C)CC(O)(O)C(C)(C)C. The van der Waals surface area contributed by atoms with Crippen molar-refractivity contribution >= 4 is 0 Å².